The van der Waals surface area contributed by atoms with E-state index < -0.39 is 52.1 Å². The first-order valence-corrected chi connectivity index (χ1v) is 28.5. The lowest BCUT2D eigenvalue weighted by Crippen LogP contribution is -2.26. The zero-order valence-electron chi connectivity index (χ0n) is 45.5. The van der Waals surface area contributed by atoms with Gasteiger partial charge in [-0.1, -0.05) is 188 Å². The van der Waals surface area contributed by atoms with E-state index >= 15 is 17.6 Å². The molecule has 0 N–H and O–H groups in total. The van der Waals surface area contributed by atoms with Crippen molar-refractivity contribution in [1.82, 2.24) is 0 Å². The molecule has 0 amide bonds. The molecule has 81 heavy (non-hydrogen) atoms. The van der Waals surface area contributed by atoms with E-state index in [-0.39, 0.29) is 0 Å². The number of benzene rings is 8. The third-order valence-corrected chi connectivity index (χ3v) is 16.5. The van der Waals surface area contributed by atoms with Crippen LogP contribution in [0.15, 0.2) is 182 Å². The van der Waals surface area contributed by atoms with Gasteiger partial charge in [-0.25, -0.2) is 9.47 Å². The fourth-order valence-corrected chi connectivity index (χ4v) is 12.6. The fraction of sp³-hybridized carbons (Fsp3) is 0.304. The van der Waals surface area contributed by atoms with E-state index in [1.165, 1.54) is 12.1 Å². The van der Waals surface area contributed by atoms with E-state index in [0.717, 1.165) is 159 Å². The summed E-state index contributed by atoms with van der Waals surface area (Å²) in [6.45, 7) is 4.43. The van der Waals surface area contributed by atoms with Crippen molar-refractivity contribution >= 4 is 34.1 Å². The Morgan fingerprint density at radius 1 is 0.309 bits per heavy atom. The minimum absolute atomic E-state index is 0.321. The van der Waals surface area contributed by atoms with E-state index in [2.05, 4.69) is 69.5 Å². The average molecular weight is 1110 g/mol. The van der Waals surface area contributed by atoms with Crippen molar-refractivity contribution in [2.45, 2.75) is 134 Å². The van der Waals surface area contributed by atoms with Crippen molar-refractivity contribution in [1.29, 1.82) is 0 Å². The highest BCUT2D eigenvalue weighted by atomic mass is 19.3. The second-order valence-corrected chi connectivity index (χ2v) is 21.7. The summed E-state index contributed by atoms with van der Waals surface area (Å²) in [6.07, 6.45) is -1.91. The summed E-state index contributed by atoms with van der Waals surface area (Å²) in [5.74, 6) is 0. The van der Waals surface area contributed by atoms with Crippen molar-refractivity contribution in [2.75, 3.05) is 9.80 Å². The molecule has 12 heteroatoms. The van der Waals surface area contributed by atoms with Crippen LogP contribution in [0.4, 0.5) is 69.2 Å². The number of alkyl halides is 8. The lowest BCUT2D eigenvalue weighted by Gasteiger charge is -2.35. The third kappa shape index (κ3) is 10.7. The van der Waals surface area contributed by atoms with Crippen LogP contribution >= 0.6 is 0 Å². The number of unbranched alkanes of at least 4 members (excludes halogenated alkanes) is 10. The van der Waals surface area contributed by atoms with Gasteiger partial charge in [-0.3, -0.25) is 0 Å². The van der Waals surface area contributed by atoms with Crippen molar-refractivity contribution in [2.24, 2.45) is 0 Å². The lowest BCUT2D eigenvalue weighted by atomic mass is 9.70. The lowest BCUT2D eigenvalue weighted by molar-refractivity contribution is -0.370. The van der Waals surface area contributed by atoms with Crippen LogP contribution < -0.4 is 9.80 Å². The SMILES string of the molecule is CCCCCCCCC1(CCCCCCCC)c2cc(N(c3ccccc3)c3ccccc3-c3ccc4c(c3)C(F)(F)OC4(F)F)ccc2-c2ccc(N(c3ccccc3)c3ccccc3-c3ccc4c(c3)C(F)(F)OC4(F)F)cc21. The van der Waals surface area contributed by atoms with Gasteiger partial charge in [0.25, 0.3) is 0 Å². The average Bonchev–Trinajstić information content (AvgIpc) is 3.85. The number of rotatable bonds is 22. The van der Waals surface area contributed by atoms with E-state index in [1.807, 2.05) is 97.1 Å². The maximum absolute atomic E-state index is 15.2. The molecule has 2 heterocycles. The predicted molar refractivity (Wildman–Crippen MR) is 307 cm³/mol. The number of anilines is 6. The van der Waals surface area contributed by atoms with Crippen LogP contribution in [0.3, 0.4) is 0 Å². The number of hydrogen-bond donors (Lipinski definition) is 0. The highest BCUT2D eigenvalue weighted by Crippen LogP contribution is 2.59. The van der Waals surface area contributed by atoms with Crippen LogP contribution in [-0.4, -0.2) is 0 Å². The molecule has 4 nitrogen and oxygen atoms in total. The Labute approximate surface area is 469 Å². The number of halogens is 8. The summed E-state index contributed by atoms with van der Waals surface area (Å²) in [6, 6.07) is 54.7. The van der Waals surface area contributed by atoms with Crippen molar-refractivity contribution in [3.63, 3.8) is 0 Å². The largest absolute Gasteiger partial charge is 0.388 e. The van der Waals surface area contributed by atoms with Crippen LogP contribution in [-0.2, 0) is 39.3 Å². The van der Waals surface area contributed by atoms with Crippen LogP contribution in [0.1, 0.15) is 137 Å². The molecule has 11 rings (SSSR count). The molecule has 0 radical (unpaired) electrons. The normalized spacial score (nSPS) is 16.4. The Balaban J connectivity index is 1.08. The van der Waals surface area contributed by atoms with Gasteiger partial charge in [0.1, 0.15) is 0 Å². The van der Waals surface area contributed by atoms with Gasteiger partial charge < -0.3 is 9.80 Å². The van der Waals surface area contributed by atoms with Crippen LogP contribution in [0.5, 0.6) is 0 Å². The summed E-state index contributed by atoms with van der Waals surface area (Å²) in [5, 5.41) is 0. The summed E-state index contributed by atoms with van der Waals surface area (Å²) < 4.78 is 128. The van der Waals surface area contributed by atoms with E-state index in [0.29, 0.717) is 33.6 Å². The van der Waals surface area contributed by atoms with Gasteiger partial charge in [-0.15, -0.1) is 0 Å². The van der Waals surface area contributed by atoms with E-state index in [4.69, 9.17) is 0 Å². The number of hydrogen-bond acceptors (Lipinski definition) is 4. The molecule has 0 atom stereocenters. The molecular formula is C69H64F8N2O2. The summed E-state index contributed by atoms with van der Waals surface area (Å²) in [4.78, 5) is 4.22. The van der Waals surface area contributed by atoms with Gasteiger partial charge in [0.05, 0.1) is 33.6 Å². The Hall–Kier alpha value is -7.28. The first-order valence-electron chi connectivity index (χ1n) is 28.5. The third-order valence-electron chi connectivity index (χ3n) is 16.5. The predicted octanol–water partition coefficient (Wildman–Crippen LogP) is 22.0. The first-order chi connectivity index (χ1) is 39.1. The monoisotopic (exact) mass is 1100 g/mol. The molecule has 3 aliphatic rings. The molecule has 418 valence electrons. The van der Waals surface area contributed by atoms with Gasteiger partial charge in [-0.05, 0) is 131 Å². The minimum atomic E-state index is -4.20. The molecule has 0 saturated heterocycles. The summed E-state index contributed by atoms with van der Waals surface area (Å²) >= 11 is 0. The fourth-order valence-electron chi connectivity index (χ4n) is 12.6. The number of ether oxygens (including phenoxy) is 2. The quantitative estimate of drug-likeness (QED) is 0.0499. The van der Waals surface area contributed by atoms with Gasteiger partial charge in [0, 0.05) is 39.3 Å². The molecule has 0 fully saturated rings. The Morgan fingerprint density at radius 3 is 1.07 bits per heavy atom. The number of nitrogens with zero attached hydrogens (tertiary/aromatic N) is 2. The minimum Gasteiger partial charge on any atom is -0.310 e. The molecule has 8 aromatic carbocycles. The van der Waals surface area contributed by atoms with Gasteiger partial charge in [-0.2, -0.15) is 35.1 Å². The molecule has 0 bridgehead atoms. The topological polar surface area (TPSA) is 24.9 Å². The van der Waals surface area contributed by atoms with Gasteiger partial charge in [0.2, 0.25) is 0 Å². The van der Waals surface area contributed by atoms with E-state index in [9.17, 15) is 17.6 Å². The molecule has 0 spiro atoms. The molecule has 8 aromatic rings. The Morgan fingerprint density at radius 2 is 0.667 bits per heavy atom. The van der Waals surface area contributed by atoms with E-state index in [1.54, 1.807) is 12.1 Å². The van der Waals surface area contributed by atoms with Crippen molar-refractivity contribution < 1.29 is 44.6 Å². The highest BCUT2D eigenvalue weighted by molar-refractivity contribution is 5.93. The maximum atomic E-state index is 15.2. The zero-order valence-corrected chi connectivity index (χ0v) is 45.5. The summed E-state index contributed by atoms with van der Waals surface area (Å²) in [5.41, 5.74) is 6.79. The second kappa shape index (κ2) is 22.6. The molecule has 0 saturated carbocycles. The molecule has 0 unspecified atom stereocenters. The number of fused-ring (bicyclic) bond motifs is 5. The maximum Gasteiger partial charge on any atom is 0.388 e. The van der Waals surface area contributed by atoms with Crippen LogP contribution in [0.2, 0.25) is 0 Å². The van der Waals surface area contributed by atoms with Gasteiger partial charge in [0.15, 0.2) is 0 Å². The second-order valence-electron chi connectivity index (χ2n) is 21.7. The Bertz CT molecular complexity index is 3300. The van der Waals surface area contributed by atoms with Crippen LogP contribution in [0, 0.1) is 0 Å². The molecular weight excluding hydrogens is 1040 g/mol. The molecule has 1 aliphatic carbocycles. The van der Waals surface area contributed by atoms with Crippen molar-refractivity contribution in [3.05, 3.63) is 215 Å². The first kappa shape index (κ1) is 55.6. The summed E-state index contributed by atoms with van der Waals surface area (Å²) in [7, 11) is 0. The smallest absolute Gasteiger partial charge is 0.310 e. The highest BCUT2D eigenvalue weighted by Gasteiger charge is 2.58. The zero-order chi connectivity index (χ0) is 56.6. The van der Waals surface area contributed by atoms with Crippen LogP contribution in [0.25, 0.3) is 33.4 Å². The Kier molecular flexibility index (Phi) is 15.5. The number of para-hydroxylation sites is 4. The van der Waals surface area contributed by atoms with Gasteiger partial charge >= 0.3 is 24.4 Å². The standard InChI is InChI=1S/C69H64F8N2O2/c1-3-5-7-9-11-23-41-65(42-24-12-10-8-6-4-2)59-45-51(78(49-25-15-13-16-26-49)63-31-21-19-29-53(63)47-33-39-57-61(43-47)68(74,75)80-66(57,70)71)35-37-55(59)56-38-36-52(46-60(56)65)79(50-27-17-14-18-28-50)64-32-22-20-30-54(64)48-34-40-58-62(44-48)69(76,77)81-67(58,72)73/h13-22,25-40,43-46H,3-12,23-24,41-42H2,1-2H3. The molecule has 2 aliphatic heterocycles. The van der Waals surface area contributed by atoms with Crippen molar-refractivity contribution in [3.8, 4) is 33.4 Å². The molecule has 0 aromatic heterocycles.